The lowest BCUT2D eigenvalue weighted by molar-refractivity contribution is 0.101. The van der Waals surface area contributed by atoms with E-state index in [0.29, 0.717) is 17.2 Å². The molecule has 0 spiro atoms. The number of halogens is 1. The average Bonchev–Trinajstić information content (AvgIpc) is 3.42. The summed E-state index contributed by atoms with van der Waals surface area (Å²) in [5.74, 6) is 1.67. The minimum absolute atomic E-state index is 0.136. The van der Waals surface area contributed by atoms with Crippen molar-refractivity contribution in [1.82, 2.24) is 10.4 Å². The van der Waals surface area contributed by atoms with Crippen molar-refractivity contribution in [3.05, 3.63) is 40.6 Å². The van der Waals surface area contributed by atoms with Crippen LogP contribution in [0, 0.1) is 5.92 Å². The first-order chi connectivity index (χ1) is 12.1. The molecule has 1 aromatic carbocycles. The number of hydrogen-bond donors (Lipinski definition) is 3. The summed E-state index contributed by atoms with van der Waals surface area (Å²) in [6.07, 6.45) is 4.16. The summed E-state index contributed by atoms with van der Waals surface area (Å²) in [6, 6.07) is 7.32. The summed E-state index contributed by atoms with van der Waals surface area (Å²) in [7, 11) is 1.81. The maximum absolute atomic E-state index is 11.7. The van der Waals surface area contributed by atoms with Crippen LogP contribution in [-0.4, -0.2) is 24.4 Å². The molecule has 3 rings (SSSR count). The number of nitrogens with one attached hydrogen (secondary N) is 3. The van der Waals surface area contributed by atoms with Gasteiger partial charge < -0.3 is 15.5 Å². The number of ketones is 1. The Labute approximate surface area is 155 Å². The van der Waals surface area contributed by atoms with Crippen LogP contribution < -0.4 is 20.9 Å². The van der Waals surface area contributed by atoms with E-state index in [1.165, 1.54) is 19.8 Å². The Bertz CT molecular complexity index is 778. The molecule has 2 aromatic rings. The number of carbonyl (C=O) groups is 1. The molecular formula is C18H21BrN4O2. The fraction of sp³-hybridized carbons (Fsp3) is 0.333. The van der Waals surface area contributed by atoms with Gasteiger partial charge in [0.25, 0.3) is 0 Å². The molecule has 1 heterocycles. The molecule has 0 bridgehead atoms. The Kier molecular flexibility index (Phi) is 5.55. The van der Waals surface area contributed by atoms with Gasteiger partial charge in [-0.2, -0.15) is 0 Å². The lowest BCUT2D eigenvalue weighted by Crippen LogP contribution is -2.17. The Balaban J connectivity index is 1.88. The largest absolute Gasteiger partial charge is 0.454 e. The number of pyridine rings is 1. The molecule has 1 saturated carbocycles. The van der Waals surface area contributed by atoms with E-state index >= 15 is 0 Å². The van der Waals surface area contributed by atoms with Gasteiger partial charge in [0.2, 0.25) is 0 Å². The van der Waals surface area contributed by atoms with Crippen LogP contribution in [-0.2, 0) is 0 Å². The molecule has 7 heteroatoms. The van der Waals surface area contributed by atoms with Gasteiger partial charge in [-0.15, -0.1) is 0 Å². The van der Waals surface area contributed by atoms with Crippen LogP contribution in [0.4, 0.5) is 11.4 Å². The summed E-state index contributed by atoms with van der Waals surface area (Å²) in [6.45, 7) is 2.44. The number of ether oxygens (including phenoxy) is 1. The molecule has 0 aliphatic heterocycles. The van der Waals surface area contributed by atoms with Gasteiger partial charge in [-0.1, -0.05) is 0 Å². The summed E-state index contributed by atoms with van der Waals surface area (Å²) < 4.78 is 6.72. The topological polar surface area (TPSA) is 75.3 Å². The first-order valence-electron chi connectivity index (χ1n) is 8.23. The van der Waals surface area contributed by atoms with Gasteiger partial charge in [0.05, 0.1) is 15.8 Å². The highest BCUT2D eigenvalue weighted by atomic mass is 79.9. The van der Waals surface area contributed by atoms with Crippen LogP contribution in [0.5, 0.6) is 11.5 Å². The molecule has 0 radical (unpaired) electrons. The molecule has 1 aliphatic rings. The van der Waals surface area contributed by atoms with Gasteiger partial charge in [0, 0.05) is 26.7 Å². The van der Waals surface area contributed by atoms with E-state index in [9.17, 15) is 4.79 Å². The SMILES string of the molecule is CNNc1c(NCC2CC2)ccc(Oc2cccnc2C(C)=O)c1Br. The normalized spacial score (nSPS) is 13.4. The van der Waals surface area contributed by atoms with Crippen LogP contribution in [0.1, 0.15) is 30.3 Å². The highest BCUT2D eigenvalue weighted by molar-refractivity contribution is 9.10. The minimum Gasteiger partial charge on any atom is -0.454 e. The molecule has 1 aliphatic carbocycles. The maximum atomic E-state index is 11.7. The standard InChI is InChI=1S/C18H21BrN4O2/c1-11(24)17-15(4-3-9-21-17)25-14-8-7-13(22-10-12-5-6-12)18(16(14)19)23-20-2/h3-4,7-9,12,20,22-23H,5-6,10H2,1-2H3. The molecule has 132 valence electrons. The van der Waals surface area contributed by atoms with Crippen molar-refractivity contribution in [1.29, 1.82) is 0 Å². The second-order valence-electron chi connectivity index (χ2n) is 6.01. The van der Waals surface area contributed by atoms with Gasteiger partial charge in [-0.05, 0) is 59.0 Å². The lowest BCUT2D eigenvalue weighted by Gasteiger charge is -2.18. The van der Waals surface area contributed by atoms with E-state index < -0.39 is 0 Å². The summed E-state index contributed by atoms with van der Waals surface area (Å²) >= 11 is 3.60. The second kappa shape index (κ2) is 7.84. The predicted octanol–water partition coefficient (Wildman–Crippen LogP) is 4.21. The Morgan fingerprint density at radius 2 is 2.12 bits per heavy atom. The molecule has 0 unspecified atom stereocenters. The van der Waals surface area contributed by atoms with Crippen molar-refractivity contribution in [2.24, 2.45) is 5.92 Å². The van der Waals surface area contributed by atoms with Gasteiger partial charge in [-0.25, -0.2) is 10.4 Å². The quantitative estimate of drug-likeness (QED) is 0.451. The van der Waals surface area contributed by atoms with Crippen molar-refractivity contribution in [3.63, 3.8) is 0 Å². The smallest absolute Gasteiger partial charge is 0.181 e. The average molecular weight is 405 g/mol. The summed E-state index contributed by atoms with van der Waals surface area (Å²) in [4.78, 5) is 15.8. The molecule has 1 fully saturated rings. The molecular weight excluding hydrogens is 384 g/mol. The highest BCUT2D eigenvalue weighted by Crippen LogP contribution is 2.41. The number of rotatable bonds is 8. The van der Waals surface area contributed by atoms with Gasteiger partial charge in [-0.3, -0.25) is 4.79 Å². The maximum Gasteiger partial charge on any atom is 0.181 e. The zero-order valence-electron chi connectivity index (χ0n) is 14.2. The zero-order chi connectivity index (χ0) is 17.8. The van der Waals surface area contributed by atoms with Crippen molar-refractivity contribution < 1.29 is 9.53 Å². The highest BCUT2D eigenvalue weighted by Gasteiger charge is 2.22. The van der Waals surface area contributed by atoms with Crippen LogP contribution >= 0.6 is 15.9 Å². The second-order valence-corrected chi connectivity index (χ2v) is 6.80. The molecule has 25 heavy (non-hydrogen) atoms. The number of hydrogen-bond acceptors (Lipinski definition) is 6. The Morgan fingerprint density at radius 3 is 2.80 bits per heavy atom. The van der Waals surface area contributed by atoms with Crippen molar-refractivity contribution in [3.8, 4) is 11.5 Å². The Morgan fingerprint density at radius 1 is 1.32 bits per heavy atom. The summed E-state index contributed by atoms with van der Waals surface area (Å²) in [5.41, 5.74) is 8.23. The lowest BCUT2D eigenvalue weighted by atomic mass is 10.2. The number of hydrazine groups is 1. The number of anilines is 2. The third kappa shape index (κ3) is 4.29. The van der Waals surface area contributed by atoms with E-state index in [2.05, 4.69) is 37.1 Å². The van der Waals surface area contributed by atoms with Crippen molar-refractivity contribution in [2.45, 2.75) is 19.8 Å². The number of nitrogens with zero attached hydrogens (tertiary/aromatic N) is 1. The van der Waals surface area contributed by atoms with E-state index in [-0.39, 0.29) is 5.78 Å². The fourth-order valence-corrected chi connectivity index (χ4v) is 2.99. The van der Waals surface area contributed by atoms with Crippen LogP contribution in [0.15, 0.2) is 34.9 Å². The third-order valence-electron chi connectivity index (χ3n) is 3.96. The monoisotopic (exact) mass is 404 g/mol. The predicted molar refractivity (Wildman–Crippen MR) is 102 cm³/mol. The van der Waals surface area contributed by atoms with Crippen molar-refractivity contribution >= 4 is 33.1 Å². The van der Waals surface area contributed by atoms with Gasteiger partial charge in [0.15, 0.2) is 11.5 Å². The van der Waals surface area contributed by atoms with Crippen LogP contribution in [0.3, 0.4) is 0 Å². The molecule has 3 N–H and O–H groups in total. The molecule has 0 amide bonds. The number of aromatic nitrogens is 1. The number of carbonyl (C=O) groups excluding carboxylic acids is 1. The van der Waals surface area contributed by atoms with E-state index in [1.807, 2.05) is 12.1 Å². The van der Waals surface area contributed by atoms with E-state index in [4.69, 9.17) is 4.74 Å². The fourth-order valence-electron chi connectivity index (χ4n) is 2.46. The summed E-state index contributed by atoms with van der Waals surface area (Å²) in [5, 5.41) is 3.47. The molecule has 1 aromatic heterocycles. The molecule has 0 saturated heterocycles. The Hall–Kier alpha value is -2.12. The van der Waals surface area contributed by atoms with Crippen molar-refractivity contribution in [2.75, 3.05) is 24.3 Å². The zero-order valence-corrected chi connectivity index (χ0v) is 15.8. The molecule has 0 atom stereocenters. The van der Waals surface area contributed by atoms with E-state index in [0.717, 1.165) is 28.3 Å². The van der Waals surface area contributed by atoms with Gasteiger partial charge in [0.1, 0.15) is 11.4 Å². The first kappa shape index (κ1) is 17.7. The number of Topliss-reactive ketones (excluding diaryl/α,β-unsaturated/α-hetero) is 1. The number of benzene rings is 1. The third-order valence-corrected chi connectivity index (χ3v) is 4.75. The van der Waals surface area contributed by atoms with Crippen LogP contribution in [0.25, 0.3) is 0 Å². The van der Waals surface area contributed by atoms with E-state index in [1.54, 1.807) is 25.4 Å². The first-order valence-corrected chi connectivity index (χ1v) is 9.02. The molecule has 6 nitrogen and oxygen atoms in total. The minimum atomic E-state index is -0.136. The van der Waals surface area contributed by atoms with Crippen LogP contribution in [0.2, 0.25) is 0 Å². The van der Waals surface area contributed by atoms with Gasteiger partial charge >= 0.3 is 0 Å².